The van der Waals surface area contributed by atoms with E-state index in [4.69, 9.17) is 5.73 Å². The first-order valence-electron chi connectivity index (χ1n) is 4.20. The van der Waals surface area contributed by atoms with Crippen LogP contribution in [0.4, 0.5) is 8.78 Å². The van der Waals surface area contributed by atoms with E-state index in [1.165, 1.54) is 6.92 Å². The average Bonchev–Trinajstić information content (AvgIpc) is 1.99. The smallest absolute Gasteiger partial charge is 0.250 e. The Hall–Kier alpha value is -0.220. The predicted molar refractivity (Wildman–Crippen MR) is 42.0 cm³/mol. The summed E-state index contributed by atoms with van der Waals surface area (Å²) >= 11 is 0. The zero-order chi connectivity index (χ0) is 9.41. The van der Waals surface area contributed by atoms with E-state index in [1.54, 1.807) is 0 Å². The summed E-state index contributed by atoms with van der Waals surface area (Å²) in [7, 11) is 0. The molecule has 1 aliphatic carbocycles. The Morgan fingerprint density at radius 3 is 2.50 bits per heavy atom. The minimum absolute atomic E-state index is 0.0768. The lowest BCUT2D eigenvalue weighted by Crippen LogP contribution is -2.48. The number of aliphatic hydroxyl groups is 1. The summed E-state index contributed by atoms with van der Waals surface area (Å²) in [6.07, 6.45) is -0.0286. The summed E-state index contributed by atoms with van der Waals surface area (Å²) < 4.78 is 25.9. The number of nitrogens with two attached hydrogens (primary N) is 1. The van der Waals surface area contributed by atoms with Gasteiger partial charge in [0.1, 0.15) is 0 Å². The first kappa shape index (κ1) is 9.86. The van der Waals surface area contributed by atoms with Crippen LogP contribution in [-0.4, -0.2) is 23.2 Å². The van der Waals surface area contributed by atoms with Crippen molar-refractivity contribution in [1.82, 2.24) is 0 Å². The maximum Gasteiger partial charge on any atom is 0.250 e. The van der Waals surface area contributed by atoms with Gasteiger partial charge in [0.25, 0.3) is 5.92 Å². The van der Waals surface area contributed by atoms with Gasteiger partial charge in [-0.15, -0.1) is 0 Å². The minimum atomic E-state index is -2.62. The molecule has 0 aromatic carbocycles. The quantitative estimate of drug-likeness (QED) is 0.634. The fraction of sp³-hybridized carbons (Fsp3) is 1.00. The average molecular weight is 179 g/mol. The molecule has 0 aromatic heterocycles. The number of halogens is 2. The largest absolute Gasteiger partial charge is 0.389 e. The van der Waals surface area contributed by atoms with Gasteiger partial charge in [-0.1, -0.05) is 6.92 Å². The first-order chi connectivity index (χ1) is 5.40. The Bertz CT molecular complexity index is 174. The summed E-state index contributed by atoms with van der Waals surface area (Å²) in [4.78, 5) is 0. The summed E-state index contributed by atoms with van der Waals surface area (Å²) in [5, 5.41) is 9.62. The highest BCUT2D eigenvalue weighted by atomic mass is 19.3. The summed E-state index contributed by atoms with van der Waals surface area (Å²) in [5.41, 5.74) is 4.24. The first-order valence-corrected chi connectivity index (χ1v) is 4.20. The van der Waals surface area contributed by atoms with Crippen LogP contribution in [-0.2, 0) is 0 Å². The Morgan fingerprint density at radius 2 is 2.08 bits per heavy atom. The minimum Gasteiger partial charge on any atom is -0.389 e. The zero-order valence-electron chi connectivity index (χ0n) is 7.19. The van der Waals surface area contributed by atoms with Crippen LogP contribution < -0.4 is 5.73 Å². The molecule has 0 unspecified atom stereocenters. The SMILES string of the molecule is C[C@H]1C[C@](O)(CN)CCC1(F)F. The van der Waals surface area contributed by atoms with Crippen LogP contribution in [0.3, 0.4) is 0 Å². The third-order valence-corrected chi connectivity index (χ3v) is 2.71. The zero-order valence-corrected chi connectivity index (χ0v) is 7.19. The number of rotatable bonds is 1. The van der Waals surface area contributed by atoms with Crippen LogP contribution >= 0.6 is 0 Å². The molecule has 0 bridgehead atoms. The Balaban J connectivity index is 2.63. The molecular weight excluding hydrogens is 164 g/mol. The maximum atomic E-state index is 12.9. The van der Waals surface area contributed by atoms with Gasteiger partial charge in [0.05, 0.1) is 5.60 Å². The Morgan fingerprint density at radius 1 is 1.50 bits per heavy atom. The third-order valence-electron chi connectivity index (χ3n) is 2.71. The van der Waals surface area contributed by atoms with Gasteiger partial charge < -0.3 is 10.8 Å². The van der Waals surface area contributed by atoms with Crippen LogP contribution in [0.1, 0.15) is 26.2 Å². The van der Waals surface area contributed by atoms with E-state index < -0.39 is 17.4 Å². The van der Waals surface area contributed by atoms with E-state index in [-0.39, 0.29) is 25.8 Å². The van der Waals surface area contributed by atoms with Crippen LogP contribution in [0, 0.1) is 5.92 Å². The van der Waals surface area contributed by atoms with E-state index in [2.05, 4.69) is 0 Å². The number of hydrogen-bond donors (Lipinski definition) is 2. The Labute approximate surface area is 70.8 Å². The van der Waals surface area contributed by atoms with Crippen molar-refractivity contribution >= 4 is 0 Å². The third kappa shape index (κ3) is 1.75. The molecule has 0 spiro atoms. The van der Waals surface area contributed by atoms with Crippen LogP contribution in [0.25, 0.3) is 0 Å². The molecule has 12 heavy (non-hydrogen) atoms. The lowest BCUT2D eigenvalue weighted by atomic mass is 9.76. The highest BCUT2D eigenvalue weighted by molar-refractivity contribution is 4.93. The topological polar surface area (TPSA) is 46.2 Å². The number of alkyl halides is 2. The molecule has 1 aliphatic rings. The van der Waals surface area contributed by atoms with Gasteiger partial charge in [0.15, 0.2) is 0 Å². The second-order valence-electron chi connectivity index (χ2n) is 3.79. The molecule has 72 valence electrons. The van der Waals surface area contributed by atoms with E-state index in [1.807, 2.05) is 0 Å². The summed E-state index contributed by atoms with van der Waals surface area (Å²) in [6, 6.07) is 0. The fourth-order valence-electron chi connectivity index (χ4n) is 1.65. The maximum absolute atomic E-state index is 12.9. The van der Waals surface area contributed by atoms with Crippen molar-refractivity contribution in [1.29, 1.82) is 0 Å². The normalized spacial score (nSPS) is 41.2. The summed E-state index contributed by atoms with van der Waals surface area (Å²) in [5.74, 6) is -3.39. The molecule has 2 atom stereocenters. The van der Waals surface area contributed by atoms with Crippen LogP contribution in [0.2, 0.25) is 0 Å². The van der Waals surface area contributed by atoms with Crippen molar-refractivity contribution in [2.75, 3.05) is 6.54 Å². The highest BCUT2D eigenvalue weighted by Crippen LogP contribution is 2.42. The van der Waals surface area contributed by atoms with Crippen LogP contribution in [0.15, 0.2) is 0 Å². The van der Waals surface area contributed by atoms with Crippen molar-refractivity contribution < 1.29 is 13.9 Å². The van der Waals surface area contributed by atoms with Gasteiger partial charge in [0.2, 0.25) is 0 Å². The van der Waals surface area contributed by atoms with Crippen LogP contribution in [0.5, 0.6) is 0 Å². The second kappa shape index (κ2) is 2.92. The molecule has 4 heteroatoms. The van der Waals surface area contributed by atoms with Gasteiger partial charge in [-0.3, -0.25) is 0 Å². The van der Waals surface area contributed by atoms with E-state index in [9.17, 15) is 13.9 Å². The van der Waals surface area contributed by atoms with Crippen molar-refractivity contribution in [2.24, 2.45) is 11.7 Å². The van der Waals surface area contributed by atoms with Gasteiger partial charge in [-0.05, 0) is 12.8 Å². The molecule has 0 aliphatic heterocycles. The molecule has 1 saturated carbocycles. The van der Waals surface area contributed by atoms with Crippen molar-refractivity contribution in [2.45, 2.75) is 37.7 Å². The molecule has 0 aromatic rings. The number of hydrogen-bond acceptors (Lipinski definition) is 2. The molecule has 3 N–H and O–H groups in total. The molecule has 0 heterocycles. The molecule has 1 fully saturated rings. The monoisotopic (exact) mass is 179 g/mol. The van der Waals surface area contributed by atoms with Gasteiger partial charge in [-0.25, -0.2) is 8.78 Å². The molecule has 0 saturated heterocycles. The van der Waals surface area contributed by atoms with E-state index in [0.717, 1.165) is 0 Å². The summed E-state index contributed by atoms with van der Waals surface area (Å²) in [6.45, 7) is 1.53. The van der Waals surface area contributed by atoms with Gasteiger partial charge in [-0.2, -0.15) is 0 Å². The van der Waals surface area contributed by atoms with Gasteiger partial charge >= 0.3 is 0 Å². The molecular formula is C8H15F2NO. The fourth-order valence-corrected chi connectivity index (χ4v) is 1.65. The second-order valence-corrected chi connectivity index (χ2v) is 3.79. The van der Waals surface area contributed by atoms with Crippen molar-refractivity contribution in [3.05, 3.63) is 0 Å². The van der Waals surface area contributed by atoms with E-state index in [0.29, 0.717) is 0 Å². The van der Waals surface area contributed by atoms with Crippen molar-refractivity contribution in [3.8, 4) is 0 Å². The molecule has 0 amide bonds. The van der Waals surface area contributed by atoms with E-state index >= 15 is 0 Å². The Kier molecular flexibility index (Phi) is 2.40. The molecule has 0 radical (unpaired) electrons. The van der Waals surface area contributed by atoms with Crippen molar-refractivity contribution in [3.63, 3.8) is 0 Å². The molecule has 1 rings (SSSR count). The van der Waals surface area contributed by atoms with Gasteiger partial charge in [0, 0.05) is 18.9 Å². The highest BCUT2D eigenvalue weighted by Gasteiger charge is 2.46. The predicted octanol–water partition coefficient (Wildman–Crippen LogP) is 1.13. The lowest BCUT2D eigenvalue weighted by molar-refractivity contribution is -0.137. The lowest BCUT2D eigenvalue weighted by Gasteiger charge is -2.39. The standard InChI is InChI=1S/C8H15F2NO/c1-6-4-7(12,5-11)2-3-8(6,9)10/h6,12H,2-5,11H2,1H3/t6-,7-/m0/s1. The molecule has 2 nitrogen and oxygen atoms in total.